The van der Waals surface area contributed by atoms with Crippen LogP contribution in [-0.2, 0) is 9.63 Å². The van der Waals surface area contributed by atoms with Gasteiger partial charge in [-0.05, 0) is 12.1 Å². The molecule has 0 aliphatic carbocycles. The summed E-state index contributed by atoms with van der Waals surface area (Å²) in [6, 6.07) is 2.90. The number of carboxylic acids is 1. The van der Waals surface area contributed by atoms with Gasteiger partial charge in [0.25, 0.3) is 5.91 Å². The third kappa shape index (κ3) is 3.61. The lowest BCUT2D eigenvalue weighted by Crippen LogP contribution is -2.27. The third-order valence-electron chi connectivity index (χ3n) is 1.38. The van der Waals surface area contributed by atoms with E-state index in [0.29, 0.717) is 5.69 Å². The number of nitrogens with one attached hydrogen (secondary N) is 1. The molecule has 0 atom stereocenters. The lowest BCUT2D eigenvalue weighted by Gasteiger charge is -2.02. The highest BCUT2D eigenvalue weighted by atomic mass is 16.7. The molecule has 1 aromatic rings. The average molecular weight is 211 g/mol. The summed E-state index contributed by atoms with van der Waals surface area (Å²) in [4.78, 5) is 29.3. The summed E-state index contributed by atoms with van der Waals surface area (Å²) >= 11 is 0. The van der Waals surface area contributed by atoms with Crippen LogP contribution in [0.4, 0.5) is 5.69 Å². The minimum absolute atomic E-state index is 0.0922. The molecule has 15 heavy (non-hydrogen) atoms. The molecular formula is C8H9N3O4. The number of nitrogen functional groups attached to an aromatic ring is 1. The van der Waals surface area contributed by atoms with Gasteiger partial charge in [0, 0.05) is 0 Å². The van der Waals surface area contributed by atoms with E-state index in [1.165, 1.54) is 18.3 Å². The number of carbonyl (C=O) groups is 2. The van der Waals surface area contributed by atoms with Crippen molar-refractivity contribution in [3.05, 3.63) is 24.0 Å². The molecule has 1 amide bonds. The van der Waals surface area contributed by atoms with Crippen LogP contribution in [0.15, 0.2) is 18.3 Å². The SMILES string of the molecule is Nc1ccc(C(=O)NOCC(=O)O)nc1. The Morgan fingerprint density at radius 2 is 2.27 bits per heavy atom. The van der Waals surface area contributed by atoms with Gasteiger partial charge < -0.3 is 10.8 Å². The highest BCUT2D eigenvalue weighted by Crippen LogP contribution is 2.00. The number of amides is 1. The van der Waals surface area contributed by atoms with Crippen molar-refractivity contribution in [3.8, 4) is 0 Å². The first kappa shape index (κ1) is 10.9. The quantitative estimate of drug-likeness (QED) is 0.573. The van der Waals surface area contributed by atoms with Crippen LogP contribution in [0.5, 0.6) is 0 Å². The minimum Gasteiger partial charge on any atom is -0.479 e. The number of hydroxylamine groups is 1. The Labute approximate surface area is 84.8 Å². The zero-order valence-electron chi connectivity index (χ0n) is 7.64. The van der Waals surface area contributed by atoms with Gasteiger partial charge >= 0.3 is 5.97 Å². The minimum atomic E-state index is -1.18. The van der Waals surface area contributed by atoms with Crippen LogP contribution in [-0.4, -0.2) is 28.6 Å². The maximum Gasteiger partial charge on any atom is 0.332 e. The molecular weight excluding hydrogens is 202 g/mol. The van der Waals surface area contributed by atoms with E-state index in [-0.39, 0.29) is 5.69 Å². The first-order chi connectivity index (χ1) is 7.09. The van der Waals surface area contributed by atoms with Crippen molar-refractivity contribution in [1.29, 1.82) is 0 Å². The van der Waals surface area contributed by atoms with E-state index in [1.807, 2.05) is 5.48 Å². The van der Waals surface area contributed by atoms with Crippen LogP contribution in [0.1, 0.15) is 10.5 Å². The molecule has 80 valence electrons. The lowest BCUT2D eigenvalue weighted by molar-refractivity contribution is -0.144. The summed E-state index contributed by atoms with van der Waals surface area (Å²) in [7, 11) is 0. The van der Waals surface area contributed by atoms with Crippen molar-refractivity contribution < 1.29 is 19.5 Å². The Morgan fingerprint density at radius 3 is 2.80 bits per heavy atom. The van der Waals surface area contributed by atoms with Crippen LogP contribution < -0.4 is 11.2 Å². The molecule has 4 N–H and O–H groups in total. The largest absolute Gasteiger partial charge is 0.479 e. The molecule has 0 bridgehead atoms. The first-order valence-electron chi connectivity index (χ1n) is 3.95. The van der Waals surface area contributed by atoms with Crippen LogP contribution in [0.25, 0.3) is 0 Å². The molecule has 7 nitrogen and oxygen atoms in total. The van der Waals surface area contributed by atoms with Gasteiger partial charge in [0.2, 0.25) is 0 Å². The number of carbonyl (C=O) groups excluding carboxylic acids is 1. The number of anilines is 1. The van der Waals surface area contributed by atoms with Crippen LogP contribution >= 0.6 is 0 Å². The second-order valence-corrected chi connectivity index (χ2v) is 2.59. The number of nitrogens with two attached hydrogens (primary N) is 1. The molecule has 7 heteroatoms. The van der Waals surface area contributed by atoms with E-state index < -0.39 is 18.5 Å². The predicted molar refractivity (Wildman–Crippen MR) is 49.7 cm³/mol. The molecule has 0 aliphatic rings. The van der Waals surface area contributed by atoms with Crippen molar-refractivity contribution in [3.63, 3.8) is 0 Å². The number of nitrogens with zero attached hydrogens (tertiary/aromatic N) is 1. The van der Waals surface area contributed by atoms with Crippen LogP contribution in [0, 0.1) is 0 Å². The van der Waals surface area contributed by atoms with Gasteiger partial charge in [0.05, 0.1) is 11.9 Å². The number of pyridine rings is 1. The number of aliphatic carboxylic acids is 1. The fourth-order valence-corrected chi connectivity index (χ4v) is 0.755. The number of aromatic nitrogens is 1. The topological polar surface area (TPSA) is 115 Å². The van der Waals surface area contributed by atoms with Crippen LogP contribution in [0.2, 0.25) is 0 Å². The van der Waals surface area contributed by atoms with Crippen molar-refractivity contribution in [2.75, 3.05) is 12.3 Å². The van der Waals surface area contributed by atoms with E-state index in [0.717, 1.165) is 0 Å². The molecule has 0 aromatic carbocycles. The second kappa shape index (κ2) is 4.91. The van der Waals surface area contributed by atoms with E-state index in [9.17, 15) is 9.59 Å². The van der Waals surface area contributed by atoms with Crippen molar-refractivity contribution in [1.82, 2.24) is 10.5 Å². The Hall–Kier alpha value is -2.15. The van der Waals surface area contributed by atoms with E-state index in [1.54, 1.807) is 0 Å². The van der Waals surface area contributed by atoms with Gasteiger partial charge in [-0.2, -0.15) is 0 Å². The summed E-state index contributed by atoms with van der Waals surface area (Å²) in [6.45, 7) is -0.610. The monoisotopic (exact) mass is 211 g/mol. The zero-order chi connectivity index (χ0) is 11.3. The Morgan fingerprint density at radius 1 is 1.53 bits per heavy atom. The molecule has 0 spiro atoms. The molecule has 1 heterocycles. The highest BCUT2D eigenvalue weighted by molar-refractivity contribution is 5.91. The Bertz CT molecular complexity index is 363. The van der Waals surface area contributed by atoms with Crippen molar-refractivity contribution in [2.24, 2.45) is 0 Å². The maximum atomic E-state index is 11.2. The number of rotatable bonds is 4. The zero-order valence-corrected chi connectivity index (χ0v) is 7.64. The standard InChI is InChI=1S/C8H9N3O4/c9-5-1-2-6(10-3-5)8(14)11-15-4-7(12)13/h1-3H,4,9H2,(H,11,14)(H,12,13). The summed E-state index contributed by atoms with van der Waals surface area (Å²) < 4.78 is 0. The first-order valence-corrected chi connectivity index (χ1v) is 3.95. The van der Waals surface area contributed by atoms with Gasteiger partial charge in [0.15, 0.2) is 6.61 Å². The number of hydrogen-bond acceptors (Lipinski definition) is 5. The third-order valence-corrected chi connectivity index (χ3v) is 1.38. The summed E-state index contributed by atoms with van der Waals surface area (Å²) in [6.07, 6.45) is 1.31. The Kier molecular flexibility index (Phi) is 3.58. The lowest BCUT2D eigenvalue weighted by atomic mass is 10.3. The van der Waals surface area contributed by atoms with E-state index >= 15 is 0 Å². The molecule has 0 saturated carbocycles. The smallest absolute Gasteiger partial charge is 0.332 e. The summed E-state index contributed by atoms with van der Waals surface area (Å²) in [5.41, 5.74) is 7.81. The molecule has 0 radical (unpaired) electrons. The van der Waals surface area contributed by atoms with Crippen LogP contribution in [0.3, 0.4) is 0 Å². The van der Waals surface area contributed by atoms with Gasteiger partial charge in [-0.1, -0.05) is 0 Å². The highest BCUT2D eigenvalue weighted by Gasteiger charge is 2.07. The summed E-state index contributed by atoms with van der Waals surface area (Å²) in [5.74, 6) is -1.81. The normalized spacial score (nSPS) is 9.60. The second-order valence-electron chi connectivity index (χ2n) is 2.59. The summed E-state index contributed by atoms with van der Waals surface area (Å²) in [5, 5.41) is 8.22. The molecule has 1 aromatic heterocycles. The Balaban J connectivity index is 2.47. The molecule has 0 unspecified atom stereocenters. The molecule has 0 aliphatic heterocycles. The van der Waals surface area contributed by atoms with Gasteiger partial charge in [-0.3, -0.25) is 9.63 Å². The van der Waals surface area contributed by atoms with Crippen molar-refractivity contribution >= 4 is 17.6 Å². The average Bonchev–Trinajstić information content (AvgIpc) is 2.18. The van der Waals surface area contributed by atoms with Gasteiger partial charge in [-0.15, -0.1) is 0 Å². The predicted octanol–water partition coefficient (Wildman–Crippen LogP) is -0.590. The van der Waals surface area contributed by atoms with E-state index in [2.05, 4.69) is 9.82 Å². The number of carboxylic acid groups (broad SMARTS) is 1. The number of hydrogen-bond donors (Lipinski definition) is 3. The van der Waals surface area contributed by atoms with Gasteiger partial charge in [-0.25, -0.2) is 15.3 Å². The fraction of sp³-hybridized carbons (Fsp3) is 0.125. The molecule has 0 fully saturated rings. The maximum absolute atomic E-state index is 11.2. The van der Waals surface area contributed by atoms with Crippen molar-refractivity contribution in [2.45, 2.75) is 0 Å². The fourth-order valence-electron chi connectivity index (χ4n) is 0.755. The molecule has 1 rings (SSSR count). The van der Waals surface area contributed by atoms with E-state index in [4.69, 9.17) is 10.8 Å². The molecule has 0 saturated heterocycles. The van der Waals surface area contributed by atoms with Gasteiger partial charge in [0.1, 0.15) is 5.69 Å².